The highest BCUT2D eigenvalue weighted by molar-refractivity contribution is 6.18. The number of likely N-dealkylation sites (N-methyl/N-ethyl adjacent to an activating group) is 2. The van der Waals surface area contributed by atoms with Gasteiger partial charge < -0.3 is 14.8 Å². The molecule has 0 fully saturated rings. The first-order valence-corrected chi connectivity index (χ1v) is 9.02. The van der Waals surface area contributed by atoms with Crippen LogP contribution >= 0.6 is 0 Å². The molecular weight excluding hydrogens is 342 g/mol. The predicted octanol–water partition coefficient (Wildman–Crippen LogP) is 2.06. The number of hydrogen-bond acceptors (Lipinski definition) is 4. The molecule has 0 radical (unpaired) electrons. The standard InChI is InChI=1S/C20H27N5O2/c1-14-12-24(5)19-18(14)25(17(26)13-23(4)11-10-22(2)3)16-9-7-6-8-15(16)21-20(19)27/h6-9,12H,10-11,13H2,1-5H3,(H,21,27). The lowest BCUT2D eigenvalue weighted by Crippen LogP contribution is -2.39. The van der Waals surface area contributed by atoms with Gasteiger partial charge in [0.25, 0.3) is 5.91 Å². The highest BCUT2D eigenvalue weighted by atomic mass is 16.2. The molecule has 7 heteroatoms. The van der Waals surface area contributed by atoms with Gasteiger partial charge in [0.15, 0.2) is 0 Å². The van der Waals surface area contributed by atoms with Crippen molar-refractivity contribution in [3.63, 3.8) is 0 Å². The van der Waals surface area contributed by atoms with Crippen molar-refractivity contribution in [1.29, 1.82) is 0 Å². The van der Waals surface area contributed by atoms with Crippen molar-refractivity contribution in [1.82, 2.24) is 14.4 Å². The van der Waals surface area contributed by atoms with E-state index in [1.54, 1.807) is 9.47 Å². The molecule has 2 aromatic rings. The van der Waals surface area contributed by atoms with Crippen LogP contribution in [0.2, 0.25) is 0 Å². The maximum atomic E-state index is 13.3. The minimum atomic E-state index is -0.204. The summed E-state index contributed by atoms with van der Waals surface area (Å²) >= 11 is 0. The molecule has 144 valence electrons. The van der Waals surface area contributed by atoms with Crippen LogP contribution in [0.4, 0.5) is 17.1 Å². The van der Waals surface area contributed by atoms with E-state index in [0.717, 1.165) is 18.7 Å². The van der Waals surface area contributed by atoms with E-state index >= 15 is 0 Å². The van der Waals surface area contributed by atoms with E-state index in [-0.39, 0.29) is 18.4 Å². The number of amides is 2. The molecule has 27 heavy (non-hydrogen) atoms. The molecule has 1 aliphatic rings. The fourth-order valence-corrected chi connectivity index (χ4v) is 3.41. The second kappa shape index (κ2) is 7.54. The summed E-state index contributed by atoms with van der Waals surface area (Å²) in [5.41, 5.74) is 3.38. The lowest BCUT2D eigenvalue weighted by molar-refractivity contribution is -0.118. The highest BCUT2D eigenvalue weighted by Crippen LogP contribution is 2.40. The first kappa shape index (κ1) is 19.1. The number of aromatic nitrogens is 1. The summed E-state index contributed by atoms with van der Waals surface area (Å²) in [5.74, 6) is -0.264. The third-order valence-corrected chi connectivity index (χ3v) is 4.75. The van der Waals surface area contributed by atoms with Crippen molar-refractivity contribution >= 4 is 28.9 Å². The maximum Gasteiger partial charge on any atom is 0.274 e. The van der Waals surface area contributed by atoms with Crippen LogP contribution < -0.4 is 10.2 Å². The molecule has 1 aliphatic heterocycles. The molecule has 1 aromatic carbocycles. The van der Waals surface area contributed by atoms with E-state index in [2.05, 4.69) is 10.2 Å². The Balaban J connectivity index is 2.02. The van der Waals surface area contributed by atoms with Crippen molar-refractivity contribution in [2.45, 2.75) is 6.92 Å². The average Bonchev–Trinajstić information content (AvgIpc) is 2.81. The number of carbonyl (C=O) groups is 2. The Labute approximate surface area is 160 Å². The van der Waals surface area contributed by atoms with Crippen LogP contribution in [-0.4, -0.2) is 67.0 Å². The normalized spacial score (nSPS) is 13.4. The number of nitrogens with zero attached hydrogens (tertiary/aromatic N) is 4. The second-order valence-electron chi connectivity index (χ2n) is 7.36. The molecule has 0 bridgehead atoms. The average molecular weight is 369 g/mol. The summed E-state index contributed by atoms with van der Waals surface area (Å²) < 4.78 is 1.78. The zero-order valence-corrected chi connectivity index (χ0v) is 16.6. The maximum absolute atomic E-state index is 13.3. The molecule has 0 saturated heterocycles. The number of anilines is 3. The van der Waals surface area contributed by atoms with Crippen molar-refractivity contribution in [3.05, 3.63) is 41.7 Å². The van der Waals surface area contributed by atoms with Gasteiger partial charge in [0.1, 0.15) is 5.69 Å². The van der Waals surface area contributed by atoms with Crippen molar-refractivity contribution < 1.29 is 9.59 Å². The smallest absolute Gasteiger partial charge is 0.274 e. The Morgan fingerprint density at radius 3 is 2.56 bits per heavy atom. The first-order valence-electron chi connectivity index (χ1n) is 9.02. The Morgan fingerprint density at radius 1 is 1.15 bits per heavy atom. The van der Waals surface area contributed by atoms with E-state index in [1.165, 1.54) is 0 Å². The third kappa shape index (κ3) is 3.74. The molecular formula is C20H27N5O2. The largest absolute Gasteiger partial charge is 0.345 e. The SMILES string of the molecule is Cc1cn(C)c2c1N(C(=O)CN(C)CCN(C)C)c1ccccc1NC2=O. The number of carbonyl (C=O) groups excluding carboxylic acids is 2. The fraction of sp³-hybridized carbons (Fsp3) is 0.400. The minimum Gasteiger partial charge on any atom is -0.345 e. The zero-order chi connectivity index (χ0) is 19.7. The van der Waals surface area contributed by atoms with E-state index in [1.807, 2.05) is 70.5 Å². The Bertz CT molecular complexity index is 871. The van der Waals surface area contributed by atoms with E-state index < -0.39 is 0 Å². The van der Waals surface area contributed by atoms with Crippen LogP contribution in [0, 0.1) is 6.92 Å². The Morgan fingerprint density at radius 2 is 1.85 bits per heavy atom. The van der Waals surface area contributed by atoms with E-state index in [4.69, 9.17) is 0 Å². The summed E-state index contributed by atoms with van der Waals surface area (Å²) in [7, 11) is 7.79. The van der Waals surface area contributed by atoms with Gasteiger partial charge in [-0.05, 0) is 45.8 Å². The summed E-state index contributed by atoms with van der Waals surface area (Å²) in [6.45, 7) is 3.85. The number of para-hydroxylation sites is 2. The van der Waals surface area contributed by atoms with Crippen molar-refractivity contribution in [2.75, 3.05) is 51.0 Å². The van der Waals surface area contributed by atoms with Gasteiger partial charge in [0.2, 0.25) is 5.91 Å². The summed E-state index contributed by atoms with van der Waals surface area (Å²) in [5, 5.41) is 2.94. The number of hydrogen-bond donors (Lipinski definition) is 1. The van der Waals surface area contributed by atoms with Crippen LogP contribution in [0.1, 0.15) is 16.1 Å². The van der Waals surface area contributed by atoms with Gasteiger partial charge in [-0.2, -0.15) is 0 Å². The van der Waals surface area contributed by atoms with Crippen LogP contribution in [-0.2, 0) is 11.8 Å². The van der Waals surface area contributed by atoms with Crippen LogP contribution in [0.3, 0.4) is 0 Å². The monoisotopic (exact) mass is 369 g/mol. The van der Waals surface area contributed by atoms with Crippen molar-refractivity contribution in [2.24, 2.45) is 7.05 Å². The van der Waals surface area contributed by atoms with Crippen molar-refractivity contribution in [3.8, 4) is 0 Å². The quantitative estimate of drug-likeness (QED) is 0.876. The van der Waals surface area contributed by atoms with Gasteiger partial charge >= 0.3 is 0 Å². The summed E-state index contributed by atoms with van der Waals surface area (Å²) in [6, 6.07) is 7.43. The highest BCUT2D eigenvalue weighted by Gasteiger charge is 2.33. The number of nitrogens with one attached hydrogen (secondary N) is 1. The third-order valence-electron chi connectivity index (χ3n) is 4.75. The molecule has 2 amide bonds. The number of rotatable bonds is 5. The van der Waals surface area contributed by atoms with Crippen LogP contribution in [0.15, 0.2) is 30.5 Å². The van der Waals surface area contributed by atoms with E-state index in [9.17, 15) is 9.59 Å². The number of aryl methyl sites for hydroxylation is 2. The molecule has 0 saturated carbocycles. The topological polar surface area (TPSA) is 60.8 Å². The predicted molar refractivity (Wildman–Crippen MR) is 108 cm³/mol. The van der Waals surface area contributed by atoms with Gasteiger partial charge in [-0.25, -0.2) is 0 Å². The molecule has 0 aliphatic carbocycles. The van der Waals surface area contributed by atoms with E-state index in [0.29, 0.717) is 22.8 Å². The van der Waals surface area contributed by atoms with Gasteiger partial charge in [-0.15, -0.1) is 0 Å². The fourth-order valence-electron chi connectivity index (χ4n) is 3.41. The Hall–Kier alpha value is -2.64. The van der Waals surface area contributed by atoms with Gasteiger partial charge in [-0.3, -0.25) is 19.4 Å². The molecule has 1 N–H and O–H groups in total. The molecule has 0 spiro atoms. The Kier molecular flexibility index (Phi) is 5.34. The zero-order valence-electron chi connectivity index (χ0n) is 16.6. The summed E-state index contributed by atoms with van der Waals surface area (Å²) in [6.07, 6.45) is 1.88. The van der Waals surface area contributed by atoms with Gasteiger partial charge in [0.05, 0.1) is 23.6 Å². The van der Waals surface area contributed by atoms with Gasteiger partial charge in [0, 0.05) is 26.3 Å². The molecule has 3 rings (SSSR count). The minimum absolute atomic E-state index is 0.0595. The first-order chi connectivity index (χ1) is 12.8. The molecule has 0 unspecified atom stereocenters. The molecule has 1 aromatic heterocycles. The number of benzene rings is 1. The lowest BCUT2D eigenvalue weighted by Gasteiger charge is -2.26. The van der Waals surface area contributed by atoms with Crippen LogP contribution in [0.5, 0.6) is 0 Å². The molecule has 0 atom stereocenters. The lowest BCUT2D eigenvalue weighted by atomic mass is 10.2. The van der Waals surface area contributed by atoms with Gasteiger partial charge in [-0.1, -0.05) is 12.1 Å². The van der Waals surface area contributed by atoms with Crippen LogP contribution in [0.25, 0.3) is 0 Å². The number of fused-ring (bicyclic) bond motifs is 2. The molecule has 7 nitrogen and oxygen atoms in total. The molecule has 2 heterocycles. The second-order valence-corrected chi connectivity index (χ2v) is 7.36. The summed E-state index contributed by atoms with van der Waals surface area (Å²) in [4.78, 5) is 31.9.